The van der Waals surface area contributed by atoms with E-state index in [0.717, 1.165) is 31.7 Å². The number of anilines is 1. The molecule has 2 saturated heterocycles. The molecule has 152 valence electrons. The zero-order chi connectivity index (χ0) is 19.7. The lowest BCUT2D eigenvalue weighted by Crippen LogP contribution is -2.47. The molecule has 2 aromatic rings. The predicted molar refractivity (Wildman–Crippen MR) is 108 cm³/mol. The molecule has 0 bridgehead atoms. The molecule has 4 heterocycles. The maximum absolute atomic E-state index is 12.6. The standard InChI is InChI=1S/C21H30N4O3/c1-4-27-21(26)17-14(2)28-20-18(17)19(22-15(3)23-20)25-12-8-16(9-13-25)24-10-6-5-7-11-24/h16H,4-13H2,1-3H3. The number of furan rings is 1. The van der Waals surface area contributed by atoms with E-state index in [1.807, 2.05) is 13.8 Å². The number of ether oxygens (including phenoxy) is 1. The topological polar surface area (TPSA) is 71.7 Å². The molecule has 0 aliphatic carbocycles. The summed E-state index contributed by atoms with van der Waals surface area (Å²) in [7, 11) is 0. The molecule has 7 nitrogen and oxygen atoms in total. The molecule has 0 unspecified atom stereocenters. The number of fused-ring (bicyclic) bond motifs is 1. The molecule has 0 spiro atoms. The number of hydrogen-bond acceptors (Lipinski definition) is 7. The fourth-order valence-corrected chi connectivity index (χ4v) is 4.60. The van der Waals surface area contributed by atoms with Crippen molar-refractivity contribution in [1.82, 2.24) is 14.9 Å². The Balaban J connectivity index is 1.62. The number of nitrogens with zero attached hydrogens (tertiary/aromatic N) is 4. The van der Waals surface area contributed by atoms with Crippen molar-refractivity contribution in [2.75, 3.05) is 37.7 Å². The minimum atomic E-state index is -0.365. The summed E-state index contributed by atoms with van der Waals surface area (Å²) in [6.45, 7) is 10.1. The van der Waals surface area contributed by atoms with Crippen LogP contribution in [0.3, 0.4) is 0 Å². The SMILES string of the molecule is CCOC(=O)c1c(C)oc2nc(C)nc(N3CCC(N4CCCCC4)CC3)c12. The number of rotatable bonds is 4. The number of likely N-dealkylation sites (tertiary alicyclic amines) is 1. The molecule has 2 aliphatic heterocycles. The van der Waals surface area contributed by atoms with Gasteiger partial charge in [-0.15, -0.1) is 0 Å². The van der Waals surface area contributed by atoms with Crippen molar-refractivity contribution in [2.24, 2.45) is 0 Å². The number of esters is 1. The van der Waals surface area contributed by atoms with Gasteiger partial charge < -0.3 is 19.0 Å². The number of hydrogen-bond donors (Lipinski definition) is 0. The van der Waals surface area contributed by atoms with E-state index in [1.54, 1.807) is 6.92 Å². The van der Waals surface area contributed by atoms with Crippen molar-refractivity contribution in [3.63, 3.8) is 0 Å². The summed E-state index contributed by atoms with van der Waals surface area (Å²) in [6.07, 6.45) is 6.25. The van der Waals surface area contributed by atoms with Crippen LogP contribution in [0.15, 0.2) is 4.42 Å². The first-order chi connectivity index (χ1) is 13.6. The van der Waals surface area contributed by atoms with E-state index in [4.69, 9.17) is 14.1 Å². The van der Waals surface area contributed by atoms with Gasteiger partial charge in [-0.25, -0.2) is 9.78 Å². The Labute approximate surface area is 166 Å². The number of carbonyl (C=O) groups excluding carboxylic acids is 1. The fraction of sp³-hybridized carbons (Fsp3) is 0.667. The lowest BCUT2D eigenvalue weighted by molar-refractivity contribution is 0.0526. The highest BCUT2D eigenvalue weighted by Gasteiger charge is 2.30. The maximum Gasteiger partial charge on any atom is 0.342 e. The minimum Gasteiger partial charge on any atom is -0.462 e. The third-order valence-corrected chi connectivity index (χ3v) is 5.97. The number of aromatic nitrogens is 2. The quantitative estimate of drug-likeness (QED) is 0.745. The van der Waals surface area contributed by atoms with Gasteiger partial charge in [0.1, 0.15) is 23.0 Å². The Morgan fingerprint density at radius 3 is 2.50 bits per heavy atom. The monoisotopic (exact) mass is 386 g/mol. The van der Waals surface area contributed by atoms with Crippen LogP contribution in [-0.2, 0) is 4.74 Å². The molecule has 0 atom stereocenters. The van der Waals surface area contributed by atoms with Crippen molar-refractivity contribution in [3.05, 3.63) is 17.1 Å². The average molecular weight is 386 g/mol. The first-order valence-electron chi connectivity index (χ1n) is 10.5. The zero-order valence-electron chi connectivity index (χ0n) is 17.2. The van der Waals surface area contributed by atoms with Crippen molar-refractivity contribution in [2.45, 2.75) is 58.9 Å². The Hall–Kier alpha value is -2.15. The second kappa shape index (κ2) is 8.07. The Bertz CT molecular complexity index is 849. The van der Waals surface area contributed by atoms with E-state index >= 15 is 0 Å². The van der Waals surface area contributed by atoms with Crippen LogP contribution in [0, 0.1) is 13.8 Å². The average Bonchev–Trinajstić information content (AvgIpc) is 3.04. The van der Waals surface area contributed by atoms with Crippen molar-refractivity contribution >= 4 is 22.9 Å². The molecule has 2 aromatic heterocycles. The summed E-state index contributed by atoms with van der Waals surface area (Å²) in [5.74, 6) is 1.64. The first kappa shape index (κ1) is 19.2. The van der Waals surface area contributed by atoms with Gasteiger partial charge in [0.25, 0.3) is 0 Å². The normalized spacial score (nSPS) is 19.3. The van der Waals surface area contributed by atoms with E-state index < -0.39 is 0 Å². The highest BCUT2D eigenvalue weighted by Crippen LogP contribution is 2.34. The minimum absolute atomic E-state index is 0.328. The zero-order valence-corrected chi connectivity index (χ0v) is 17.2. The summed E-state index contributed by atoms with van der Waals surface area (Å²) < 4.78 is 11.1. The van der Waals surface area contributed by atoms with Crippen LogP contribution in [-0.4, -0.2) is 59.7 Å². The molecule has 2 fully saturated rings. The predicted octanol–water partition coefficient (Wildman–Crippen LogP) is 3.47. The van der Waals surface area contributed by atoms with Crippen LogP contribution in [0.2, 0.25) is 0 Å². The van der Waals surface area contributed by atoms with Crippen LogP contribution in [0.5, 0.6) is 0 Å². The molecule has 0 aromatic carbocycles. The number of aryl methyl sites for hydroxylation is 2. The summed E-state index contributed by atoms with van der Waals surface area (Å²) in [4.78, 5) is 26.6. The molecule has 0 radical (unpaired) electrons. The van der Waals surface area contributed by atoms with Crippen molar-refractivity contribution < 1.29 is 13.9 Å². The smallest absolute Gasteiger partial charge is 0.342 e. The van der Waals surface area contributed by atoms with E-state index in [9.17, 15) is 4.79 Å². The van der Waals surface area contributed by atoms with E-state index in [0.29, 0.717) is 40.9 Å². The number of carbonyl (C=O) groups is 1. The second-order valence-electron chi connectivity index (χ2n) is 7.84. The lowest BCUT2D eigenvalue weighted by atomic mass is 9.99. The first-order valence-corrected chi connectivity index (χ1v) is 10.5. The molecule has 7 heteroatoms. The van der Waals surface area contributed by atoms with Gasteiger partial charge in [0, 0.05) is 19.1 Å². The molecule has 0 amide bonds. The third-order valence-electron chi connectivity index (χ3n) is 5.97. The van der Waals surface area contributed by atoms with Gasteiger partial charge in [-0.2, -0.15) is 4.98 Å². The van der Waals surface area contributed by atoms with Gasteiger partial charge in [-0.1, -0.05) is 6.42 Å². The molecule has 0 N–H and O–H groups in total. The Morgan fingerprint density at radius 1 is 1.11 bits per heavy atom. The van der Waals surface area contributed by atoms with E-state index in [1.165, 1.54) is 32.4 Å². The van der Waals surface area contributed by atoms with Crippen LogP contribution < -0.4 is 4.90 Å². The molecular formula is C21H30N4O3. The highest BCUT2D eigenvalue weighted by atomic mass is 16.5. The summed E-state index contributed by atoms with van der Waals surface area (Å²) in [6, 6.07) is 0.658. The van der Waals surface area contributed by atoms with Crippen LogP contribution in [0.4, 0.5) is 5.82 Å². The van der Waals surface area contributed by atoms with Gasteiger partial charge in [-0.05, 0) is 59.5 Å². The van der Waals surface area contributed by atoms with Crippen LogP contribution in [0.25, 0.3) is 11.1 Å². The van der Waals surface area contributed by atoms with Gasteiger partial charge in [0.15, 0.2) is 0 Å². The maximum atomic E-state index is 12.6. The lowest BCUT2D eigenvalue weighted by Gasteiger charge is -2.40. The van der Waals surface area contributed by atoms with Crippen LogP contribution in [0.1, 0.15) is 61.0 Å². The molecular weight excluding hydrogens is 356 g/mol. The van der Waals surface area contributed by atoms with Gasteiger partial charge in [-0.3, -0.25) is 0 Å². The van der Waals surface area contributed by atoms with Crippen LogP contribution >= 0.6 is 0 Å². The third kappa shape index (κ3) is 3.60. The van der Waals surface area contributed by atoms with E-state index in [-0.39, 0.29) is 5.97 Å². The Kier molecular flexibility index (Phi) is 5.53. The van der Waals surface area contributed by atoms with Gasteiger partial charge in [0.05, 0.1) is 12.0 Å². The molecule has 0 saturated carbocycles. The second-order valence-corrected chi connectivity index (χ2v) is 7.84. The van der Waals surface area contributed by atoms with Crippen molar-refractivity contribution in [1.29, 1.82) is 0 Å². The molecule has 28 heavy (non-hydrogen) atoms. The van der Waals surface area contributed by atoms with Crippen molar-refractivity contribution in [3.8, 4) is 0 Å². The molecule has 2 aliphatic rings. The highest BCUT2D eigenvalue weighted by molar-refractivity contribution is 6.08. The summed E-state index contributed by atoms with van der Waals surface area (Å²) >= 11 is 0. The molecule has 4 rings (SSSR count). The van der Waals surface area contributed by atoms with Gasteiger partial charge >= 0.3 is 5.97 Å². The summed E-state index contributed by atoms with van der Waals surface area (Å²) in [5.41, 5.74) is 0.936. The fourth-order valence-electron chi connectivity index (χ4n) is 4.60. The van der Waals surface area contributed by atoms with E-state index in [2.05, 4.69) is 14.8 Å². The summed E-state index contributed by atoms with van der Waals surface area (Å²) in [5, 5.41) is 0.693. The largest absolute Gasteiger partial charge is 0.462 e. The Morgan fingerprint density at radius 2 is 1.82 bits per heavy atom. The number of piperidine rings is 2. The van der Waals surface area contributed by atoms with Gasteiger partial charge in [0.2, 0.25) is 5.71 Å².